The summed E-state index contributed by atoms with van der Waals surface area (Å²) in [7, 11) is 0. The first-order valence-electron chi connectivity index (χ1n) is 6.26. The predicted molar refractivity (Wildman–Crippen MR) is 72.1 cm³/mol. The lowest BCUT2D eigenvalue weighted by Gasteiger charge is -2.20. The van der Waals surface area contributed by atoms with Crippen molar-refractivity contribution in [3.05, 3.63) is 12.4 Å². The van der Waals surface area contributed by atoms with Crippen molar-refractivity contribution in [3.63, 3.8) is 0 Å². The van der Waals surface area contributed by atoms with Crippen LogP contribution >= 0.6 is 0 Å². The van der Waals surface area contributed by atoms with Crippen molar-refractivity contribution in [2.75, 3.05) is 12.3 Å². The van der Waals surface area contributed by atoms with Crippen LogP contribution in [0.2, 0.25) is 0 Å². The summed E-state index contributed by atoms with van der Waals surface area (Å²) < 4.78 is 14.9. The molecule has 2 aromatic rings. The number of nitrogens with zero attached hydrogens (tertiary/aromatic N) is 4. The van der Waals surface area contributed by atoms with E-state index in [-0.39, 0.29) is 11.4 Å². The topological polar surface area (TPSA) is 81.7 Å². The summed E-state index contributed by atoms with van der Waals surface area (Å²) in [6.07, 6.45) is 1.69. The van der Waals surface area contributed by atoms with Gasteiger partial charge < -0.3 is 15.6 Å². The predicted octanol–water partition coefficient (Wildman–Crippen LogP) is 1.33. The third kappa shape index (κ3) is 3.37. The van der Waals surface area contributed by atoms with Gasteiger partial charge in [-0.05, 0) is 33.7 Å². The summed E-state index contributed by atoms with van der Waals surface area (Å²) in [5.74, 6) is 0.0778. The van der Waals surface area contributed by atoms with Crippen LogP contribution < -0.4 is 11.1 Å². The fourth-order valence-electron chi connectivity index (χ4n) is 1.81. The zero-order chi connectivity index (χ0) is 14.0. The lowest BCUT2D eigenvalue weighted by Crippen LogP contribution is -2.36. The number of imidazole rings is 1. The number of halogens is 1. The van der Waals surface area contributed by atoms with Gasteiger partial charge in [-0.25, -0.2) is 4.98 Å². The van der Waals surface area contributed by atoms with Crippen LogP contribution in [0.4, 0.5) is 10.2 Å². The molecule has 0 atom stereocenters. The molecule has 0 radical (unpaired) electrons. The minimum absolute atomic E-state index is 0.0778. The Kier molecular flexibility index (Phi) is 3.66. The van der Waals surface area contributed by atoms with Crippen LogP contribution in [0.1, 0.15) is 27.2 Å². The normalized spacial score (nSPS) is 12.2. The van der Waals surface area contributed by atoms with E-state index in [1.807, 2.05) is 0 Å². The van der Waals surface area contributed by atoms with Crippen molar-refractivity contribution < 1.29 is 4.39 Å². The van der Waals surface area contributed by atoms with Crippen LogP contribution in [0.25, 0.3) is 11.2 Å². The van der Waals surface area contributed by atoms with Crippen molar-refractivity contribution in [2.24, 2.45) is 0 Å². The van der Waals surface area contributed by atoms with Gasteiger partial charge in [0.2, 0.25) is 0 Å². The number of aromatic nitrogens is 4. The Bertz CT molecular complexity index is 571. The second-order valence-electron chi connectivity index (χ2n) is 5.52. The number of rotatable bonds is 4. The largest absolute Gasteiger partial charge is 0.382 e. The van der Waals surface area contributed by atoms with E-state index < -0.39 is 6.08 Å². The lowest BCUT2D eigenvalue weighted by molar-refractivity contribution is 0.414. The monoisotopic (exact) mass is 266 g/mol. The van der Waals surface area contributed by atoms with E-state index in [9.17, 15) is 4.39 Å². The van der Waals surface area contributed by atoms with Crippen molar-refractivity contribution in [1.29, 1.82) is 0 Å². The summed E-state index contributed by atoms with van der Waals surface area (Å²) in [5.41, 5.74) is 6.59. The molecule has 2 heterocycles. The Balaban J connectivity index is 2.05. The average Bonchev–Trinajstić information content (AvgIpc) is 2.66. The highest BCUT2D eigenvalue weighted by Gasteiger charge is 2.11. The lowest BCUT2D eigenvalue weighted by atomic mass is 10.1. The average molecular weight is 266 g/mol. The molecule has 3 N–H and O–H groups in total. The fraction of sp³-hybridized carbons (Fsp3) is 0.583. The summed E-state index contributed by atoms with van der Waals surface area (Å²) in [6.45, 7) is 7.91. The van der Waals surface area contributed by atoms with Crippen LogP contribution in [0.15, 0.2) is 6.33 Å². The van der Waals surface area contributed by atoms with Gasteiger partial charge in [-0.1, -0.05) is 0 Å². The van der Waals surface area contributed by atoms with Gasteiger partial charge in [0, 0.05) is 12.1 Å². The van der Waals surface area contributed by atoms with E-state index in [2.05, 4.69) is 41.0 Å². The Labute approximate surface area is 111 Å². The van der Waals surface area contributed by atoms with Crippen molar-refractivity contribution in [2.45, 2.75) is 39.3 Å². The number of nitrogens with one attached hydrogen (secondary N) is 1. The van der Waals surface area contributed by atoms with Gasteiger partial charge in [0.1, 0.15) is 5.52 Å². The Hall–Kier alpha value is -1.76. The maximum absolute atomic E-state index is 13.1. The van der Waals surface area contributed by atoms with Gasteiger partial charge in [0.25, 0.3) is 0 Å². The van der Waals surface area contributed by atoms with Crippen LogP contribution in [-0.2, 0) is 6.54 Å². The molecule has 0 spiro atoms. The molecule has 0 unspecified atom stereocenters. The number of fused-ring (bicyclic) bond motifs is 1. The van der Waals surface area contributed by atoms with E-state index >= 15 is 0 Å². The number of nitrogen functional groups attached to an aromatic ring is 1. The van der Waals surface area contributed by atoms with E-state index in [0.717, 1.165) is 13.0 Å². The minimum atomic E-state index is -0.820. The molecule has 7 heteroatoms. The smallest absolute Gasteiger partial charge is 0.312 e. The maximum Gasteiger partial charge on any atom is 0.312 e. The second-order valence-corrected chi connectivity index (χ2v) is 5.52. The van der Waals surface area contributed by atoms with Gasteiger partial charge in [0.05, 0.1) is 6.33 Å². The summed E-state index contributed by atoms with van der Waals surface area (Å²) >= 11 is 0. The highest BCUT2D eigenvalue weighted by Crippen LogP contribution is 2.15. The van der Waals surface area contributed by atoms with Gasteiger partial charge in [-0.15, -0.1) is 0 Å². The van der Waals surface area contributed by atoms with E-state index in [1.54, 1.807) is 10.9 Å². The molecule has 0 aliphatic carbocycles. The molecule has 2 aromatic heterocycles. The summed E-state index contributed by atoms with van der Waals surface area (Å²) in [4.78, 5) is 11.3. The quantitative estimate of drug-likeness (QED) is 0.644. The molecular weight excluding hydrogens is 247 g/mol. The highest BCUT2D eigenvalue weighted by molar-refractivity contribution is 5.81. The molecule has 19 heavy (non-hydrogen) atoms. The second kappa shape index (κ2) is 5.08. The molecule has 6 nitrogen and oxygen atoms in total. The van der Waals surface area contributed by atoms with E-state index in [1.165, 1.54) is 0 Å². The van der Waals surface area contributed by atoms with E-state index in [0.29, 0.717) is 17.7 Å². The molecule has 0 saturated heterocycles. The molecule has 0 bridgehead atoms. The molecule has 0 aliphatic heterocycles. The number of hydrogen-bond acceptors (Lipinski definition) is 5. The van der Waals surface area contributed by atoms with Crippen LogP contribution in [0.3, 0.4) is 0 Å². The maximum atomic E-state index is 13.1. The molecule has 0 fully saturated rings. The molecule has 0 saturated carbocycles. The zero-order valence-electron chi connectivity index (χ0n) is 11.4. The Morgan fingerprint density at radius 2 is 2.11 bits per heavy atom. The fourth-order valence-corrected chi connectivity index (χ4v) is 1.81. The molecule has 2 rings (SSSR count). The Morgan fingerprint density at radius 1 is 1.37 bits per heavy atom. The first-order chi connectivity index (χ1) is 8.87. The van der Waals surface area contributed by atoms with E-state index in [4.69, 9.17) is 5.73 Å². The summed E-state index contributed by atoms with van der Waals surface area (Å²) in [6, 6.07) is 0. The van der Waals surface area contributed by atoms with Crippen LogP contribution in [0.5, 0.6) is 0 Å². The van der Waals surface area contributed by atoms with Crippen LogP contribution in [0, 0.1) is 6.08 Å². The van der Waals surface area contributed by atoms with Gasteiger partial charge in [-0.3, -0.25) is 0 Å². The molecule has 0 aromatic carbocycles. The first-order valence-corrected chi connectivity index (χ1v) is 6.26. The molecule has 104 valence electrons. The zero-order valence-corrected chi connectivity index (χ0v) is 11.4. The Morgan fingerprint density at radius 3 is 2.79 bits per heavy atom. The molecule has 0 amide bonds. The first kappa shape index (κ1) is 13.7. The minimum Gasteiger partial charge on any atom is -0.382 e. The van der Waals surface area contributed by atoms with Gasteiger partial charge in [0.15, 0.2) is 11.5 Å². The van der Waals surface area contributed by atoms with Crippen LogP contribution in [-0.4, -0.2) is 31.6 Å². The number of anilines is 1. The van der Waals surface area contributed by atoms with Crippen molar-refractivity contribution >= 4 is 17.0 Å². The third-order valence-corrected chi connectivity index (χ3v) is 2.69. The van der Waals surface area contributed by atoms with Crippen molar-refractivity contribution in [1.82, 2.24) is 24.8 Å². The molecular formula is C12H19FN6. The number of hydrogen-bond donors (Lipinski definition) is 2. The summed E-state index contributed by atoms with van der Waals surface area (Å²) in [5, 5.41) is 3.39. The number of aryl methyl sites for hydroxylation is 1. The van der Waals surface area contributed by atoms with Gasteiger partial charge >= 0.3 is 6.08 Å². The van der Waals surface area contributed by atoms with Crippen molar-refractivity contribution in [3.8, 4) is 0 Å². The SMILES string of the molecule is CC(C)(C)NCCCn1cnc2c(N)nc(F)nc21. The highest BCUT2D eigenvalue weighted by atomic mass is 19.1. The number of nitrogens with two attached hydrogens (primary N) is 1. The third-order valence-electron chi connectivity index (χ3n) is 2.69. The molecule has 0 aliphatic rings. The standard InChI is InChI=1S/C12H19FN6/c1-12(2,3)16-5-4-6-19-7-15-8-9(14)17-11(13)18-10(8)19/h7,16H,4-6H2,1-3H3,(H2,14,17,18). The van der Waals surface area contributed by atoms with Gasteiger partial charge in [-0.2, -0.15) is 14.4 Å².